The van der Waals surface area contributed by atoms with E-state index in [-0.39, 0.29) is 69.4 Å². The maximum atomic E-state index is 8.35. The van der Waals surface area contributed by atoms with Gasteiger partial charge in [-0.15, -0.1) is 24.8 Å². The Morgan fingerprint density at radius 1 is 0.571 bits per heavy atom. The van der Waals surface area contributed by atoms with E-state index in [1.54, 1.807) is 0 Å². The van der Waals surface area contributed by atoms with Gasteiger partial charge in [0.15, 0.2) is 0 Å². The number of hydrogen-bond donors (Lipinski definition) is 2. The van der Waals surface area contributed by atoms with E-state index in [0.717, 1.165) is 12.2 Å². The van der Waals surface area contributed by atoms with Gasteiger partial charge in [0, 0.05) is 0 Å². The van der Waals surface area contributed by atoms with Crippen LogP contribution in [0.1, 0.15) is 44.6 Å². The van der Waals surface area contributed by atoms with Gasteiger partial charge in [-0.25, -0.2) is 20.4 Å². The molecule has 0 aromatic rings. The van der Waals surface area contributed by atoms with Crippen molar-refractivity contribution in [3.05, 3.63) is 0 Å². The molecule has 0 aliphatic carbocycles. The van der Waals surface area contributed by atoms with Crippen molar-refractivity contribution in [2.75, 3.05) is 0 Å². The normalized spacial score (nSPS) is 1.14. The average Bonchev–Trinajstić information content (AvgIpc) is 1.39. The minimum Gasteiger partial charge on any atom is -0.222 e. The van der Waals surface area contributed by atoms with Crippen LogP contribution in [0.3, 0.4) is 0 Å². The molecule has 0 spiro atoms. The van der Waals surface area contributed by atoms with Gasteiger partial charge in [-0.05, 0) is 0 Å². The van der Waals surface area contributed by atoms with Crippen LogP contribution < -0.4 is 0 Å². The smallest absolute Gasteiger partial charge is 0.222 e. The third-order valence-corrected chi connectivity index (χ3v) is 0. The van der Waals surface area contributed by atoms with E-state index in [0.29, 0.717) is 0 Å². The molecule has 96 valence electrons. The molecule has 0 atom stereocenters. The fourth-order valence-electron chi connectivity index (χ4n) is 0. The Balaban J connectivity index is -0.00000000182. The zero-order valence-electron chi connectivity index (χ0n) is 3.63. The molecule has 0 aromatic carbocycles. The fraction of sp³-hybridized carbons (Fsp3) is 0.750. The molecule has 0 amide bonds. The van der Waals surface area contributed by atoms with Gasteiger partial charge in [-0.2, -0.15) is 0 Å². The van der Waals surface area contributed by atoms with Crippen LogP contribution in [0, 0.1) is 10.8 Å². The molecule has 0 aliphatic heterocycles. The van der Waals surface area contributed by atoms with Gasteiger partial charge in [-0.3, -0.25) is 0 Å². The second-order valence-corrected chi connectivity index (χ2v) is 0.204. The highest BCUT2D eigenvalue weighted by molar-refractivity contribution is 5.85. The quantitative estimate of drug-likeness (QED) is 0.494. The van der Waals surface area contributed by atoms with Crippen LogP contribution in [0.5, 0.6) is 0 Å². The third-order valence-electron chi connectivity index (χ3n) is 0. The summed E-state index contributed by atoms with van der Waals surface area (Å²) in [5, 5.41) is 10.8. The standard InChI is InChI=1S/2CHNO.6CH4.2ClH/c2*2-1-3;;;;;;;;/h2*2H;6*1H4;2*1H. The Hall–Kier alpha value is -0.660. The van der Waals surface area contributed by atoms with Crippen LogP contribution in [0.25, 0.3) is 0 Å². The molecule has 0 radical (unpaired) electrons. The summed E-state index contributed by atoms with van der Waals surface area (Å²) in [5.41, 5.74) is 0. The predicted octanol–water partition coefficient (Wildman–Crippen LogP) is 4.46. The summed E-state index contributed by atoms with van der Waals surface area (Å²) < 4.78 is 0. The van der Waals surface area contributed by atoms with Gasteiger partial charge in [0.25, 0.3) is 0 Å². The van der Waals surface area contributed by atoms with Crippen LogP contribution in [-0.2, 0) is 9.59 Å². The van der Waals surface area contributed by atoms with E-state index >= 15 is 0 Å². The molecule has 0 unspecified atom stereocenters. The molecule has 0 saturated heterocycles. The maximum Gasteiger partial charge on any atom is 0.231 e. The molecule has 0 aromatic heterocycles. The monoisotopic (exact) mass is 254 g/mol. The van der Waals surface area contributed by atoms with Gasteiger partial charge in [0.2, 0.25) is 12.2 Å². The Morgan fingerprint density at radius 3 is 0.571 bits per heavy atom. The van der Waals surface area contributed by atoms with E-state index in [1.807, 2.05) is 0 Å². The Labute approximate surface area is 102 Å². The van der Waals surface area contributed by atoms with Crippen LogP contribution in [0.2, 0.25) is 0 Å². The summed E-state index contributed by atoms with van der Waals surface area (Å²) in [4.78, 5) is 16.7. The van der Waals surface area contributed by atoms with Crippen molar-refractivity contribution >= 4 is 37.0 Å². The zero-order valence-corrected chi connectivity index (χ0v) is 5.27. The highest BCUT2D eigenvalue weighted by atomic mass is 35.5. The lowest BCUT2D eigenvalue weighted by Gasteiger charge is -1.02. The molecular formula is C8H28Cl2N2O2. The molecule has 6 heteroatoms. The summed E-state index contributed by atoms with van der Waals surface area (Å²) in [6.07, 6.45) is 1.50. The first-order valence-corrected chi connectivity index (χ1v) is 0.908. The maximum absolute atomic E-state index is 8.35. The van der Waals surface area contributed by atoms with Crippen molar-refractivity contribution in [1.29, 1.82) is 10.8 Å². The third kappa shape index (κ3) is 2780. The van der Waals surface area contributed by atoms with Gasteiger partial charge < -0.3 is 0 Å². The second-order valence-electron chi connectivity index (χ2n) is 0.204. The number of carbonyl (C=O) groups excluding carboxylic acids is 2. The zero-order chi connectivity index (χ0) is 5.41. The lowest BCUT2D eigenvalue weighted by molar-refractivity contribution is 0.562. The van der Waals surface area contributed by atoms with Gasteiger partial charge in [0.05, 0.1) is 0 Å². The summed E-state index contributed by atoms with van der Waals surface area (Å²) in [7, 11) is 0. The average molecular weight is 255 g/mol. The van der Waals surface area contributed by atoms with Crippen LogP contribution in [0.4, 0.5) is 0 Å². The molecule has 14 heavy (non-hydrogen) atoms. The number of hydrogen-bond acceptors (Lipinski definition) is 4. The molecule has 2 N–H and O–H groups in total. The minimum absolute atomic E-state index is 0. The summed E-state index contributed by atoms with van der Waals surface area (Å²) in [6.45, 7) is 0. The van der Waals surface area contributed by atoms with Crippen molar-refractivity contribution in [2.45, 2.75) is 44.6 Å². The molecule has 0 heterocycles. The molecule has 0 fully saturated rings. The van der Waals surface area contributed by atoms with Gasteiger partial charge in [-0.1, -0.05) is 44.6 Å². The van der Waals surface area contributed by atoms with Gasteiger partial charge >= 0.3 is 0 Å². The van der Waals surface area contributed by atoms with E-state index in [4.69, 9.17) is 20.4 Å². The van der Waals surface area contributed by atoms with E-state index in [9.17, 15) is 0 Å². The second kappa shape index (κ2) is 884. The summed E-state index contributed by atoms with van der Waals surface area (Å²) in [6, 6.07) is 0. The van der Waals surface area contributed by atoms with Crippen molar-refractivity contribution in [3.8, 4) is 0 Å². The molecule has 0 aliphatic rings. The largest absolute Gasteiger partial charge is 0.231 e. The lowest BCUT2D eigenvalue weighted by Crippen LogP contribution is -1.16. The number of nitrogens with one attached hydrogen (secondary N) is 2. The van der Waals surface area contributed by atoms with E-state index in [2.05, 4.69) is 0 Å². The molecule has 0 bridgehead atoms. The topological polar surface area (TPSA) is 81.8 Å². The van der Waals surface area contributed by atoms with Crippen LogP contribution in [0.15, 0.2) is 0 Å². The van der Waals surface area contributed by atoms with Crippen molar-refractivity contribution in [2.24, 2.45) is 0 Å². The Kier molecular flexibility index (Phi) is 11500. The highest BCUT2D eigenvalue weighted by Gasteiger charge is 1.04. The van der Waals surface area contributed by atoms with Crippen LogP contribution >= 0.6 is 24.8 Å². The molecular weight excluding hydrogens is 227 g/mol. The summed E-state index contributed by atoms with van der Waals surface area (Å²) >= 11 is 0. The minimum atomic E-state index is 0. The molecule has 0 saturated carbocycles. The lowest BCUT2D eigenvalue weighted by atomic mass is 11.7. The summed E-state index contributed by atoms with van der Waals surface area (Å²) in [5.74, 6) is 0. The first kappa shape index (κ1) is 182. The van der Waals surface area contributed by atoms with Crippen molar-refractivity contribution < 1.29 is 9.59 Å². The predicted molar refractivity (Wildman–Crippen MR) is 71.7 cm³/mol. The number of isocyanates is 2. The molecule has 4 nitrogen and oxygen atoms in total. The SMILES string of the molecule is C.C.C.C.C.C.Cl.Cl.N=C=O.N=C=O. The van der Waals surface area contributed by atoms with Gasteiger partial charge in [0.1, 0.15) is 0 Å². The van der Waals surface area contributed by atoms with Crippen molar-refractivity contribution in [1.82, 2.24) is 0 Å². The highest BCUT2D eigenvalue weighted by Crippen LogP contribution is 0.871. The van der Waals surface area contributed by atoms with Crippen LogP contribution in [-0.4, -0.2) is 12.2 Å². The fourth-order valence-corrected chi connectivity index (χ4v) is 0. The molecule has 0 rings (SSSR count). The Bertz CT molecular complexity index is 77.3. The number of halogens is 2. The number of rotatable bonds is 0. The first-order chi connectivity index (χ1) is 2.83. The van der Waals surface area contributed by atoms with Crippen molar-refractivity contribution in [3.63, 3.8) is 0 Å². The first-order valence-electron chi connectivity index (χ1n) is 0.908. The van der Waals surface area contributed by atoms with E-state index < -0.39 is 0 Å². The Morgan fingerprint density at radius 2 is 0.571 bits per heavy atom. The van der Waals surface area contributed by atoms with E-state index in [1.165, 1.54) is 0 Å².